The Morgan fingerprint density at radius 2 is 1.93 bits per heavy atom. The SMILES string of the molecule is Cc1cccc(C(=O)NC(C)(C)C)c1Cl. The number of carbonyl (C=O) groups is 1. The van der Waals surface area contributed by atoms with E-state index >= 15 is 0 Å². The van der Waals surface area contributed by atoms with Crippen molar-refractivity contribution in [3.05, 3.63) is 34.3 Å². The molecule has 0 saturated heterocycles. The monoisotopic (exact) mass is 225 g/mol. The highest BCUT2D eigenvalue weighted by Gasteiger charge is 2.17. The third-order valence-electron chi connectivity index (χ3n) is 1.92. The van der Waals surface area contributed by atoms with Crippen molar-refractivity contribution in [1.29, 1.82) is 0 Å². The van der Waals surface area contributed by atoms with Crippen molar-refractivity contribution in [3.8, 4) is 0 Å². The largest absolute Gasteiger partial charge is 0.347 e. The maximum absolute atomic E-state index is 11.8. The van der Waals surface area contributed by atoms with Crippen LogP contribution in [0.4, 0.5) is 0 Å². The molecular formula is C12H16ClNO. The average Bonchev–Trinajstić information content (AvgIpc) is 2.06. The first-order valence-electron chi connectivity index (χ1n) is 4.89. The van der Waals surface area contributed by atoms with Crippen molar-refractivity contribution in [1.82, 2.24) is 5.32 Å². The Hall–Kier alpha value is -1.02. The van der Waals surface area contributed by atoms with Crippen LogP contribution in [0.5, 0.6) is 0 Å². The van der Waals surface area contributed by atoms with Gasteiger partial charge in [0.2, 0.25) is 0 Å². The summed E-state index contributed by atoms with van der Waals surface area (Å²) in [6.45, 7) is 7.70. The summed E-state index contributed by atoms with van der Waals surface area (Å²) in [7, 11) is 0. The van der Waals surface area contributed by atoms with Crippen LogP contribution in [0.1, 0.15) is 36.7 Å². The van der Waals surface area contributed by atoms with Crippen LogP contribution in [0.15, 0.2) is 18.2 Å². The summed E-state index contributed by atoms with van der Waals surface area (Å²) in [6.07, 6.45) is 0. The van der Waals surface area contributed by atoms with Crippen LogP contribution in [0, 0.1) is 6.92 Å². The molecule has 15 heavy (non-hydrogen) atoms. The molecule has 1 aromatic carbocycles. The van der Waals surface area contributed by atoms with Crippen LogP contribution in [0.2, 0.25) is 5.02 Å². The molecule has 2 nitrogen and oxygen atoms in total. The van der Waals surface area contributed by atoms with Crippen molar-refractivity contribution in [2.45, 2.75) is 33.2 Å². The van der Waals surface area contributed by atoms with Gasteiger partial charge in [0.05, 0.1) is 10.6 Å². The van der Waals surface area contributed by atoms with E-state index in [2.05, 4.69) is 5.32 Å². The van der Waals surface area contributed by atoms with Crippen molar-refractivity contribution in [2.75, 3.05) is 0 Å². The number of rotatable bonds is 1. The summed E-state index contributed by atoms with van der Waals surface area (Å²) in [5.41, 5.74) is 1.20. The van der Waals surface area contributed by atoms with Crippen LogP contribution >= 0.6 is 11.6 Å². The molecule has 0 saturated carbocycles. The Labute approximate surface area is 95.6 Å². The van der Waals surface area contributed by atoms with Gasteiger partial charge >= 0.3 is 0 Å². The summed E-state index contributed by atoms with van der Waals surface area (Å²) >= 11 is 6.06. The summed E-state index contributed by atoms with van der Waals surface area (Å²) in [5, 5.41) is 3.41. The summed E-state index contributed by atoms with van der Waals surface area (Å²) in [5.74, 6) is -0.129. The molecule has 0 aromatic heterocycles. The van der Waals surface area contributed by atoms with Gasteiger partial charge < -0.3 is 5.32 Å². The molecule has 1 aromatic rings. The molecule has 0 fully saturated rings. The van der Waals surface area contributed by atoms with E-state index < -0.39 is 0 Å². The van der Waals surface area contributed by atoms with Gasteiger partial charge in [-0.2, -0.15) is 0 Å². The van der Waals surface area contributed by atoms with Gasteiger partial charge in [-0.05, 0) is 39.3 Å². The number of halogens is 1. The lowest BCUT2D eigenvalue weighted by atomic mass is 10.1. The summed E-state index contributed by atoms with van der Waals surface area (Å²) in [4.78, 5) is 11.8. The second-order valence-corrected chi connectivity index (χ2v) is 5.02. The zero-order chi connectivity index (χ0) is 11.6. The second kappa shape index (κ2) is 4.23. The average molecular weight is 226 g/mol. The van der Waals surface area contributed by atoms with E-state index in [1.54, 1.807) is 6.07 Å². The van der Waals surface area contributed by atoms with Gasteiger partial charge in [-0.15, -0.1) is 0 Å². The van der Waals surface area contributed by atoms with Gasteiger partial charge in [0.25, 0.3) is 5.91 Å². The van der Waals surface area contributed by atoms with Gasteiger partial charge in [-0.3, -0.25) is 4.79 Å². The highest BCUT2D eigenvalue weighted by molar-refractivity contribution is 6.34. The molecule has 82 valence electrons. The molecule has 0 unspecified atom stereocenters. The summed E-state index contributed by atoms with van der Waals surface area (Å²) in [6, 6.07) is 5.45. The molecule has 1 rings (SSSR count). The number of hydrogen-bond acceptors (Lipinski definition) is 1. The first kappa shape index (κ1) is 12.1. The van der Waals surface area contributed by atoms with E-state index in [9.17, 15) is 4.79 Å². The Kier molecular flexibility index (Phi) is 3.40. The molecule has 1 N–H and O–H groups in total. The molecule has 0 radical (unpaired) electrons. The van der Waals surface area contributed by atoms with E-state index in [1.165, 1.54) is 0 Å². The molecule has 0 heterocycles. The van der Waals surface area contributed by atoms with Gasteiger partial charge in [-0.25, -0.2) is 0 Å². The lowest BCUT2D eigenvalue weighted by molar-refractivity contribution is 0.0919. The number of hydrogen-bond donors (Lipinski definition) is 1. The van der Waals surface area contributed by atoms with Gasteiger partial charge in [-0.1, -0.05) is 23.7 Å². The third-order valence-corrected chi connectivity index (χ3v) is 2.43. The van der Waals surface area contributed by atoms with Gasteiger partial charge in [0, 0.05) is 5.54 Å². The van der Waals surface area contributed by atoms with Crippen molar-refractivity contribution in [3.63, 3.8) is 0 Å². The quantitative estimate of drug-likeness (QED) is 0.782. The number of amides is 1. The Morgan fingerprint density at radius 1 is 1.33 bits per heavy atom. The van der Waals surface area contributed by atoms with E-state index in [0.29, 0.717) is 10.6 Å². The molecular weight excluding hydrogens is 210 g/mol. The maximum Gasteiger partial charge on any atom is 0.253 e. The fourth-order valence-electron chi connectivity index (χ4n) is 1.23. The van der Waals surface area contributed by atoms with E-state index in [-0.39, 0.29) is 11.4 Å². The molecule has 0 atom stereocenters. The predicted molar refractivity (Wildman–Crippen MR) is 63.4 cm³/mol. The standard InChI is InChI=1S/C12H16ClNO/c1-8-6-5-7-9(10(8)13)11(15)14-12(2,3)4/h5-7H,1-4H3,(H,14,15). The molecule has 0 bridgehead atoms. The Morgan fingerprint density at radius 3 is 2.47 bits per heavy atom. The minimum absolute atomic E-state index is 0.129. The second-order valence-electron chi connectivity index (χ2n) is 4.64. The van der Waals surface area contributed by atoms with E-state index in [0.717, 1.165) is 5.56 Å². The zero-order valence-corrected chi connectivity index (χ0v) is 10.3. The number of nitrogens with one attached hydrogen (secondary N) is 1. The molecule has 0 aliphatic heterocycles. The summed E-state index contributed by atoms with van der Waals surface area (Å²) < 4.78 is 0. The molecule has 0 spiro atoms. The Bertz CT molecular complexity index is 380. The fraction of sp³-hybridized carbons (Fsp3) is 0.417. The van der Waals surface area contributed by atoms with Crippen LogP contribution in [0.3, 0.4) is 0 Å². The van der Waals surface area contributed by atoms with Crippen molar-refractivity contribution in [2.24, 2.45) is 0 Å². The topological polar surface area (TPSA) is 29.1 Å². The smallest absolute Gasteiger partial charge is 0.253 e. The van der Waals surface area contributed by atoms with Crippen molar-refractivity contribution >= 4 is 17.5 Å². The minimum atomic E-state index is -0.246. The lowest BCUT2D eigenvalue weighted by Crippen LogP contribution is -2.40. The maximum atomic E-state index is 11.8. The van der Waals surface area contributed by atoms with Crippen LogP contribution in [0.25, 0.3) is 0 Å². The highest BCUT2D eigenvalue weighted by atomic mass is 35.5. The minimum Gasteiger partial charge on any atom is -0.347 e. The molecule has 3 heteroatoms. The van der Waals surface area contributed by atoms with Crippen LogP contribution < -0.4 is 5.32 Å². The third kappa shape index (κ3) is 3.24. The highest BCUT2D eigenvalue weighted by Crippen LogP contribution is 2.20. The number of aryl methyl sites for hydroxylation is 1. The fourth-order valence-corrected chi connectivity index (χ4v) is 1.44. The molecule has 0 aliphatic rings. The lowest BCUT2D eigenvalue weighted by Gasteiger charge is -2.21. The normalized spacial score (nSPS) is 11.3. The first-order chi connectivity index (χ1) is 6.81. The van der Waals surface area contributed by atoms with Crippen LogP contribution in [-0.4, -0.2) is 11.4 Å². The van der Waals surface area contributed by atoms with Crippen LogP contribution in [-0.2, 0) is 0 Å². The van der Waals surface area contributed by atoms with Gasteiger partial charge in [0.1, 0.15) is 0 Å². The van der Waals surface area contributed by atoms with E-state index in [4.69, 9.17) is 11.6 Å². The predicted octanol–water partition coefficient (Wildman–Crippen LogP) is 3.18. The number of benzene rings is 1. The van der Waals surface area contributed by atoms with Crippen molar-refractivity contribution < 1.29 is 4.79 Å². The zero-order valence-electron chi connectivity index (χ0n) is 9.52. The van der Waals surface area contributed by atoms with Gasteiger partial charge in [0.15, 0.2) is 0 Å². The molecule has 1 amide bonds. The Balaban J connectivity index is 2.97. The van der Waals surface area contributed by atoms with E-state index in [1.807, 2.05) is 39.8 Å². The first-order valence-corrected chi connectivity index (χ1v) is 5.27. The molecule has 0 aliphatic carbocycles. The number of carbonyl (C=O) groups excluding carboxylic acids is 1.